The normalized spacial score (nSPS) is 13.6. The highest BCUT2D eigenvalue weighted by atomic mass is 16.5. The average Bonchev–Trinajstić information content (AvgIpc) is 2.30. The van der Waals surface area contributed by atoms with Crippen LogP contribution in [-0.4, -0.2) is 5.97 Å². The number of benzene rings is 1. The molecule has 84 valence electrons. The third-order valence-corrected chi connectivity index (χ3v) is 2.40. The second-order valence-electron chi connectivity index (χ2n) is 3.90. The quantitative estimate of drug-likeness (QED) is 0.575. The Hall–Kier alpha value is -1.82. The molecule has 0 saturated heterocycles. The summed E-state index contributed by atoms with van der Waals surface area (Å²) in [6, 6.07) is 10.8. The van der Waals surface area contributed by atoms with Crippen LogP contribution in [0, 0.1) is 16.7 Å². The molecule has 0 bridgehead atoms. The lowest BCUT2D eigenvalue weighted by Crippen LogP contribution is -2.30. The molecule has 0 fully saturated rings. The minimum absolute atomic E-state index is 0.477. The van der Waals surface area contributed by atoms with Gasteiger partial charge in [0.15, 0.2) is 5.41 Å². The van der Waals surface area contributed by atoms with Crippen LogP contribution in [0.25, 0.3) is 0 Å². The van der Waals surface area contributed by atoms with Crippen LogP contribution in [0.2, 0.25) is 0 Å². The first kappa shape index (κ1) is 12.3. The molecular weight excluding hydrogens is 202 g/mol. The number of para-hydroxylation sites is 1. The number of hydrogen-bond acceptors (Lipinski definition) is 3. The number of carbonyl (C=O) groups excluding carboxylic acids is 1. The molecular formula is C13H15NO2. The summed E-state index contributed by atoms with van der Waals surface area (Å²) < 4.78 is 5.16. The fraction of sp³-hybridized carbons (Fsp3) is 0.385. The SMILES string of the molecule is CCCC(C)(C#N)C(=O)Oc1ccccc1. The molecule has 0 radical (unpaired) electrons. The Balaban J connectivity index is 2.75. The van der Waals surface area contributed by atoms with Crippen molar-refractivity contribution in [1.82, 2.24) is 0 Å². The van der Waals surface area contributed by atoms with Crippen molar-refractivity contribution in [2.45, 2.75) is 26.7 Å². The van der Waals surface area contributed by atoms with Gasteiger partial charge in [-0.3, -0.25) is 0 Å². The van der Waals surface area contributed by atoms with Crippen molar-refractivity contribution in [1.29, 1.82) is 5.26 Å². The summed E-state index contributed by atoms with van der Waals surface area (Å²) in [5.74, 6) is -0.00636. The van der Waals surface area contributed by atoms with Crippen molar-refractivity contribution in [3.63, 3.8) is 0 Å². The Morgan fingerprint density at radius 3 is 2.56 bits per heavy atom. The predicted molar refractivity (Wildman–Crippen MR) is 60.7 cm³/mol. The Morgan fingerprint density at radius 2 is 2.06 bits per heavy atom. The van der Waals surface area contributed by atoms with E-state index in [1.807, 2.05) is 19.1 Å². The van der Waals surface area contributed by atoms with Gasteiger partial charge in [0.05, 0.1) is 6.07 Å². The van der Waals surface area contributed by atoms with E-state index in [1.165, 1.54) is 0 Å². The molecule has 3 heteroatoms. The van der Waals surface area contributed by atoms with Gasteiger partial charge in [-0.25, -0.2) is 4.79 Å². The standard InChI is InChI=1S/C13H15NO2/c1-3-9-13(2,10-14)12(15)16-11-7-5-4-6-8-11/h4-8H,3,9H2,1-2H3. The van der Waals surface area contributed by atoms with E-state index in [4.69, 9.17) is 10.00 Å². The number of esters is 1. The Morgan fingerprint density at radius 1 is 1.44 bits per heavy atom. The number of ether oxygens (including phenoxy) is 1. The van der Waals surface area contributed by atoms with Gasteiger partial charge in [-0.2, -0.15) is 5.26 Å². The summed E-state index contributed by atoms with van der Waals surface area (Å²) in [4.78, 5) is 11.8. The van der Waals surface area contributed by atoms with Crippen LogP contribution in [0.3, 0.4) is 0 Å². The molecule has 0 heterocycles. The van der Waals surface area contributed by atoms with Crippen LogP contribution >= 0.6 is 0 Å². The van der Waals surface area contributed by atoms with E-state index >= 15 is 0 Å². The average molecular weight is 217 g/mol. The van der Waals surface area contributed by atoms with Gasteiger partial charge >= 0.3 is 5.97 Å². The zero-order chi connectivity index (χ0) is 12.0. The van der Waals surface area contributed by atoms with E-state index < -0.39 is 11.4 Å². The van der Waals surface area contributed by atoms with Crippen LogP contribution in [0.5, 0.6) is 5.75 Å². The molecule has 0 saturated carbocycles. The summed E-state index contributed by atoms with van der Waals surface area (Å²) in [6.45, 7) is 3.55. The van der Waals surface area contributed by atoms with Crippen LogP contribution in [0.1, 0.15) is 26.7 Å². The largest absolute Gasteiger partial charge is 0.425 e. The maximum absolute atomic E-state index is 11.8. The van der Waals surface area contributed by atoms with Gasteiger partial charge in [0.2, 0.25) is 0 Å². The summed E-state index contributed by atoms with van der Waals surface area (Å²) in [5.41, 5.74) is -1.05. The van der Waals surface area contributed by atoms with Gasteiger partial charge in [0, 0.05) is 0 Å². The lowest BCUT2D eigenvalue weighted by molar-refractivity contribution is -0.142. The Labute approximate surface area is 95.7 Å². The maximum Gasteiger partial charge on any atom is 0.331 e. The van der Waals surface area contributed by atoms with Gasteiger partial charge in [-0.15, -0.1) is 0 Å². The smallest absolute Gasteiger partial charge is 0.331 e. The first-order chi connectivity index (χ1) is 7.62. The fourth-order valence-corrected chi connectivity index (χ4v) is 1.41. The molecule has 1 unspecified atom stereocenters. The minimum Gasteiger partial charge on any atom is -0.425 e. The number of nitriles is 1. The van der Waals surface area contributed by atoms with Crippen molar-refractivity contribution < 1.29 is 9.53 Å². The number of nitrogens with zero attached hydrogens (tertiary/aromatic N) is 1. The van der Waals surface area contributed by atoms with Gasteiger partial charge in [-0.1, -0.05) is 31.5 Å². The van der Waals surface area contributed by atoms with Gasteiger partial charge in [0.25, 0.3) is 0 Å². The Bertz CT molecular complexity index is 394. The second kappa shape index (κ2) is 5.32. The van der Waals surface area contributed by atoms with Crippen molar-refractivity contribution >= 4 is 5.97 Å². The topological polar surface area (TPSA) is 50.1 Å². The second-order valence-corrected chi connectivity index (χ2v) is 3.90. The highest BCUT2D eigenvalue weighted by Crippen LogP contribution is 2.25. The van der Waals surface area contributed by atoms with E-state index in [0.717, 1.165) is 6.42 Å². The molecule has 16 heavy (non-hydrogen) atoms. The molecule has 0 aliphatic carbocycles. The van der Waals surface area contributed by atoms with E-state index in [1.54, 1.807) is 31.2 Å². The van der Waals surface area contributed by atoms with Crippen LogP contribution < -0.4 is 4.74 Å². The summed E-state index contributed by atoms with van der Waals surface area (Å²) in [6.07, 6.45) is 1.28. The van der Waals surface area contributed by atoms with E-state index in [0.29, 0.717) is 12.2 Å². The number of rotatable bonds is 4. The first-order valence-corrected chi connectivity index (χ1v) is 5.31. The third kappa shape index (κ3) is 2.83. The highest BCUT2D eigenvalue weighted by Gasteiger charge is 2.34. The fourth-order valence-electron chi connectivity index (χ4n) is 1.41. The number of hydrogen-bond donors (Lipinski definition) is 0. The van der Waals surface area contributed by atoms with E-state index in [2.05, 4.69) is 0 Å². The molecule has 1 aromatic carbocycles. The van der Waals surface area contributed by atoms with Crippen molar-refractivity contribution in [2.24, 2.45) is 5.41 Å². The van der Waals surface area contributed by atoms with E-state index in [9.17, 15) is 4.79 Å². The zero-order valence-corrected chi connectivity index (χ0v) is 9.56. The molecule has 0 N–H and O–H groups in total. The van der Waals surface area contributed by atoms with Crippen LogP contribution in [0.4, 0.5) is 0 Å². The molecule has 0 aliphatic heterocycles. The van der Waals surface area contributed by atoms with Crippen molar-refractivity contribution in [3.05, 3.63) is 30.3 Å². The predicted octanol–water partition coefficient (Wildman–Crippen LogP) is 2.92. The maximum atomic E-state index is 11.8. The molecule has 0 spiro atoms. The van der Waals surface area contributed by atoms with Gasteiger partial charge in [0.1, 0.15) is 5.75 Å². The molecule has 1 aromatic rings. The molecule has 0 amide bonds. The highest BCUT2D eigenvalue weighted by molar-refractivity contribution is 5.81. The molecule has 0 aliphatic rings. The molecule has 1 rings (SSSR count). The zero-order valence-electron chi connectivity index (χ0n) is 9.56. The summed E-state index contributed by atoms with van der Waals surface area (Å²) >= 11 is 0. The van der Waals surface area contributed by atoms with Gasteiger partial charge < -0.3 is 4.74 Å². The summed E-state index contributed by atoms with van der Waals surface area (Å²) in [7, 11) is 0. The lowest BCUT2D eigenvalue weighted by atomic mass is 9.87. The van der Waals surface area contributed by atoms with Crippen molar-refractivity contribution in [3.8, 4) is 11.8 Å². The molecule has 3 nitrogen and oxygen atoms in total. The van der Waals surface area contributed by atoms with Crippen LogP contribution in [-0.2, 0) is 4.79 Å². The lowest BCUT2D eigenvalue weighted by Gasteiger charge is -2.18. The monoisotopic (exact) mass is 217 g/mol. The first-order valence-electron chi connectivity index (χ1n) is 5.31. The number of carbonyl (C=O) groups is 1. The molecule has 0 aromatic heterocycles. The summed E-state index contributed by atoms with van der Waals surface area (Å²) in [5, 5.41) is 9.01. The van der Waals surface area contributed by atoms with Crippen molar-refractivity contribution in [2.75, 3.05) is 0 Å². The third-order valence-electron chi connectivity index (χ3n) is 2.40. The Kier molecular flexibility index (Phi) is 4.07. The molecule has 1 atom stereocenters. The van der Waals surface area contributed by atoms with Crippen LogP contribution in [0.15, 0.2) is 30.3 Å². The van der Waals surface area contributed by atoms with E-state index in [-0.39, 0.29) is 0 Å². The minimum atomic E-state index is -1.05. The van der Waals surface area contributed by atoms with Gasteiger partial charge in [-0.05, 0) is 25.5 Å².